The molecule has 1 rings (SSSR count). The lowest BCUT2D eigenvalue weighted by Crippen LogP contribution is -2.48. The summed E-state index contributed by atoms with van der Waals surface area (Å²) in [5.41, 5.74) is 0. The smallest absolute Gasteiger partial charge is 0.0826 e. The molecule has 1 heterocycles. The van der Waals surface area contributed by atoms with Gasteiger partial charge in [0.25, 0.3) is 0 Å². The van der Waals surface area contributed by atoms with Crippen LogP contribution in [0.1, 0.15) is 34.1 Å². The van der Waals surface area contributed by atoms with Gasteiger partial charge in [-0.05, 0) is 40.4 Å². The van der Waals surface area contributed by atoms with Crippen molar-refractivity contribution >= 4 is 0 Å². The Morgan fingerprint density at radius 3 is 2.68 bits per heavy atom. The number of ether oxygens (including phenoxy) is 1. The standard InChI is InChI=1S/C15H33N3O/c1-13(2)16-11-15-12-18(9-10-19-15)8-6-7-17(5)14(3)4/h13-16H,6-12H2,1-5H3/t15-/m0/s1. The highest BCUT2D eigenvalue weighted by Crippen LogP contribution is 2.06. The van der Waals surface area contributed by atoms with Crippen molar-refractivity contribution in [3.8, 4) is 0 Å². The third-order valence-corrected chi connectivity index (χ3v) is 3.84. The Kier molecular flexibility index (Phi) is 7.91. The second-order valence-electron chi connectivity index (χ2n) is 6.28. The van der Waals surface area contributed by atoms with Gasteiger partial charge in [0.1, 0.15) is 0 Å². The molecule has 0 aromatic heterocycles. The van der Waals surface area contributed by atoms with Crippen LogP contribution in [0.3, 0.4) is 0 Å². The molecule has 1 aliphatic heterocycles. The van der Waals surface area contributed by atoms with Crippen LogP contribution in [0, 0.1) is 0 Å². The van der Waals surface area contributed by atoms with Gasteiger partial charge in [-0.2, -0.15) is 0 Å². The minimum absolute atomic E-state index is 0.360. The molecule has 1 N–H and O–H groups in total. The molecule has 1 atom stereocenters. The summed E-state index contributed by atoms with van der Waals surface area (Å²) in [7, 11) is 2.21. The summed E-state index contributed by atoms with van der Waals surface area (Å²) in [5, 5.41) is 3.47. The number of morpholine rings is 1. The molecular formula is C15H33N3O. The molecule has 0 amide bonds. The predicted molar refractivity (Wildman–Crippen MR) is 81.7 cm³/mol. The maximum atomic E-state index is 5.81. The third kappa shape index (κ3) is 7.25. The average molecular weight is 271 g/mol. The molecule has 1 aliphatic rings. The summed E-state index contributed by atoms with van der Waals surface area (Å²) < 4.78 is 5.81. The topological polar surface area (TPSA) is 27.7 Å². The van der Waals surface area contributed by atoms with Gasteiger partial charge in [0.15, 0.2) is 0 Å². The molecule has 1 saturated heterocycles. The van der Waals surface area contributed by atoms with E-state index in [0.717, 1.165) is 26.2 Å². The van der Waals surface area contributed by atoms with Crippen molar-refractivity contribution in [3.05, 3.63) is 0 Å². The van der Waals surface area contributed by atoms with Crippen LogP contribution in [-0.2, 0) is 4.74 Å². The van der Waals surface area contributed by atoms with Crippen molar-refractivity contribution in [2.45, 2.75) is 52.3 Å². The van der Waals surface area contributed by atoms with E-state index >= 15 is 0 Å². The molecule has 0 bridgehead atoms. The molecule has 0 aliphatic carbocycles. The monoisotopic (exact) mass is 271 g/mol. The van der Waals surface area contributed by atoms with Crippen LogP contribution < -0.4 is 5.32 Å². The summed E-state index contributed by atoms with van der Waals surface area (Å²) in [5.74, 6) is 0. The van der Waals surface area contributed by atoms with Gasteiger partial charge in [-0.15, -0.1) is 0 Å². The molecule has 0 spiro atoms. The molecule has 0 aromatic carbocycles. The lowest BCUT2D eigenvalue weighted by atomic mass is 10.2. The first-order chi connectivity index (χ1) is 8.99. The Bertz CT molecular complexity index is 233. The Balaban J connectivity index is 2.16. The molecular weight excluding hydrogens is 238 g/mol. The fraction of sp³-hybridized carbons (Fsp3) is 1.00. The lowest BCUT2D eigenvalue weighted by Gasteiger charge is -2.34. The minimum atomic E-state index is 0.360. The maximum absolute atomic E-state index is 5.81. The molecule has 0 unspecified atom stereocenters. The van der Waals surface area contributed by atoms with E-state index in [1.54, 1.807) is 0 Å². The molecule has 114 valence electrons. The zero-order valence-corrected chi connectivity index (χ0v) is 13.5. The van der Waals surface area contributed by atoms with Crippen molar-refractivity contribution in [1.29, 1.82) is 0 Å². The van der Waals surface area contributed by atoms with Gasteiger partial charge in [0.2, 0.25) is 0 Å². The zero-order valence-electron chi connectivity index (χ0n) is 13.5. The van der Waals surface area contributed by atoms with Crippen LogP contribution >= 0.6 is 0 Å². The summed E-state index contributed by atoms with van der Waals surface area (Å²) in [6.07, 6.45) is 1.61. The zero-order chi connectivity index (χ0) is 14.3. The summed E-state index contributed by atoms with van der Waals surface area (Å²) in [6, 6.07) is 1.19. The average Bonchev–Trinajstić information content (AvgIpc) is 2.36. The van der Waals surface area contributed by atoms with E-state index in [1.807, 2.05) is 0 Å². The van der Waals surface area contributed by atoms with Crippen molar-refractivity contribution in [2.75, 3.05) is 46.4 Å². The molecule has 4 heteroatoms. The second-order valence-corrected chi connectivity index (χ2v) is 6.28. The minimum Gasteiger partial charge on any atom is -0.374 e. The van der Waals surface area contributed by atoms with E-state index in [-0.39, 0.29) is 0 Å². The van der Waals surface area contributed by atoms with E-state index in [1.165, 1.54) is 19.5 Å². The Morgan fingerprint density at radius 1 is 1.32 bits per heavy atom. The van der Waals surface area contributed by atoms with E-state index < -0.39 is 0 Å². The molecule has 0 aromatic rings. The largest absolute Gasteiger partial charge is 0.374 e. The Labute approximate surface area is 119 Å². The van der Waals surface area contributed by atoms with Crippen LogP contribution in [-0.4, -0.2) is 74.4 Å². The van der Waals surface area contributed by atoms with E-state index in [9.17, 15) is 0 Å². The second kappa shape index (κ2) is 8.90. The van der Waals surface area contributed by atoms with Crippen molar-refractivity contribution in [2.24, 2.45) is 0 Å². The highest BCUT2D eigenvalue weighted by molar-refractivity contribution is 4.74. The van der Waals surface area contributed by atoms with Gasteiger partial charge >= 0.3 is 0 Å². The number of hydrogen-bond donors (Lipinski definition) is 1. The van der Waals surface area contributed by atoms with Crippen LogP contribution in [0.4, 0.5) is 0 Å². The Morgan fingerprint density at radius 2 is 2.05 bits per heavy atom. The van der Waals surface area contributed by atoms with Crippen LogP contribution in [0.2, 0.25) is 0 Å². The first-order valence-electron chi connectivity index (χ1n) is 7.76. The fourth-order valence-electron chi connectivity index (χ4n) is 2.28. The first-order valence-corrected chi connectivity index (χ1v) is 7.76. The number of hydrogen-bond acceptors (Lipinski definition) is 4. The van der Waals surface area contributed by atoms with Gasteiger partial charge in [0.05, 0.1) is 12.7 Å². The van der Waals surface area contributed by atoms with E-state index in [0.29, 0.717) is 18.2 Å². The maximum Gasteiger partial charge on any atom is 0.0826 e. The fourth-order valence-corrected chi connectivity index (χ4v) is 2.28. The number of nitrogens with zero attached hydrogens (tertiary/aromatic N) is 2. The first kappa shape index (κ1) is 16.9. The van der Waals surface area contributed by atoms with Crippen molar-refractivity contribution < 1.29 is 4.74 Å². The molecule has 0 saturated carbocycles. The van der Waals surface area contributed by atoms with Gasteiger partial charge in [-0.25, -0.2) is 0 Å². The summed E-state index contributed by atoms with van der Waals surface area (Å²) in [4.78, 5) is 4.96. The molecule has 1 fully saturated rings. The van der Waals surface area contributed by atoms with Crippen LogP contribution in [0.15, 0.2) is 0 Å². The molecule has 4 nitrogen and oxygen atoms in total. The predicted octanol–water partition coefficient (Wildman–Crippen LogP) is 1.42. The van der Waals surface area contributed by atoms with Gasteiger partial charge in [0, 0.05) is 31.7 Å². The highest BCUT2D eigenvalue weighted by Gasteiger charge is 2.20. The van der Waals surface area contributed by atoms with Gasteiger partial charge < -0.3 is 15.0 Å². The van der Waals surface area contributed by atoms with Crippen LogP contribution in [0.25, 0.3) is 0 Å². The normalized spacial score (nSPS) is 21.8. The summed E-state index contributed by atoms with van der Waals surface area (Å²) >= 11 is 0. The lowest BCUT2D eigenvalue weighted by molar-refractivity contribution is -0.0285. The summed E-state index contributed by atoms with van der Waals surface area (Å²) in [6.45, 7) is 15.3. The van der Waals surface area contributed by atoms with Gasteiger partial charge in [-0.1, -0.05) is 13.8 Å². The SMILES string of the molecule is CC(C)NC[C@H]1CN(CCCN(C)C(C)C)CCO1. The highest BCUT2D eigenvalue weighted by atomic mass is 16.5. The van der Waals surface area contributed by atoms with Crippen LogP contribution in [0.5, 0.6) is 0 Å². The molecule has 0 radical (unpaired) electrons. The number of nitrogens with one attached hydrogen (secondary N) is 1. The van der Waals surface area contributed by atoms with Crippen molar-refractivity contribution in [1.82, 2.24) is 15.1 Å². The van der Waals surface area contributed by atoms with E-state index in [4.69, 9.17) is 4.74 Å². The third-order valence-electron chi connectivity index (χ3n) is 3.84. The molecule has 19 heavy (non-hydrogen) atoms. The number of rotatable bonds is 8. The van der Waals surface area contributed by atoms with E-state index in [2.05, 4.69) is 49.9 Å². The Hall–Kier alpha value is -0.160. The van der Waals surface area contributed by atoms with Crippen molar-refractivity contribution in [3.63, 3.8) is 0 Å². The quantitative estimate of drug-likeness (QED) is 0.722. The van der Waals surface area contributed by atoms with Gasteiger partial charge in [-0.3, -0.25) is 4.90 Å².